The van der Waals surface area contributed by atoms with Crippen LogP contribution in [0.1, 0.15) is 18.4 Å². The van der Waals surface area contributed by atoms with Crippen LogP contribution < -0.4 is 5.32 Å². The van der Waals surface area contributed by atoms with Crippen LogP contribution in [0.2, 0.25) is 0 Å². The summed E-state index contributed by atoms with van der Waals surface area (Å²) in [6, 6.07) is 8.44. The lowest BCUT2D eigenvalue weighted by Gasteiger charge is -2.08. The minimum atomic E-state index is 0.105. The van der Waals surface area contributed by atoms with Gasteiger partial charge in [-0.3, -0.25) is 9.36 Å². The van der Waals surface area contributed by atoms with Crippen molar-refractivity contribution >= 4 is 17.4 Å². The Kier molecular flexibility index (Phi) is 3.67. The highest BCUT2D eigenvalue weighted by molar-refractivity contribution is 7.03. The third-order valence-electron chi connectivity index (χ3n) is 3.85. The molecule has 1 amide bonds. The fraction of sp³-hybridized carbons (Fsp3) is 0.235. The van der Waals surface area contributed by atoms with Crippen molar-refractivity contribution in [1.29, 1.82) is 0 Å². The van der Waals surface area contributed by atoms with Crippen molar-refractivity contribution in [2.75, 3.05) is 0 Å². The van der Waals surface area contributed by atoms with Gasteiger partial charge in [-0.1, -0.05) is 12.1 Å². The molecule has 1 aliphatic rings. The Hall–Kier alpha value is -2.47. The van der Waals surface area contributed by atoms with E-state index in [2.05, 4.69) is 14.7 Å². The monoisotopic (exact) mass is 324 g/mol. The van der Waals surface area contributed by atoms with Crippen LogP contribution >= 0.6 is 11.5 Å². The number of nitrogens with one attached hydrogen (secondary N) is 1. The summed E-state index contributed by atoms with van der Waals surface area (Å²) in [5, 5.41) is 4.99. The van der Waals surface area contributed by atoms with Gasteiger partial charge in [0.05, 0.1) is 12.6 Å². The molecule has 23 heavy (non-hydrogen) atoms. The number of hydrogen-bond acceptors (Lipinski definition) is 4. The van der Waals surface area contributed by atoms with Gasteiger partial charge in [0.2, 0.25) is 5.91 Å². The van der Waals surface area contributed by atoms with E-state index in [1.54, 1.807) is 6.20 Å². The maximum Gasteiger partial charge on any atom is 0.224 e. The van der Waals surface area contributed by atoms with Gasteiger partial charge in [-0.05, 0) is 42.1 Å². The number of aromatic nitrogens is 3. The van der Waals surface area contributed by atoms with Crippen LogP contribution in [-0.4, -0.2) is 25.9 Å². The Morgan fingerprint density at radius 1 is 1.30 bits per heavy atom. The number of carbonyl (C=O) groups is 1. The minimum absolute atomic E-state index is 0.105. The minimum Gasteiger partial charge on any atom is -0.353 e. The molecule has 2 aromatic heterocycles. The molecule has 0 radical (unpaired) electrons. The normalized spacial score (nSPS) is 13.9. The predicted molar refractivity (Wildman–Crippen MR) is 89.5 cm³/mol. The lowest BCUT2D eigenvalue weighted by atomic mass is 10.1. The van der Waals surface area contributed by atoms with Gasteiger partial charge >= 0.3 is 0 Å². The second kappa shape index (κ2) is 5.96. The maximum atomic E-state index is 11.9. The van der Waals surface area contributed by atoms with Gasteiger partial charge < -0.3 is 5.32 Å². The molecule has 1 N–H and O–H groups in total. The van der Waals surface area contributed by atoms with Crippen molar-refractivity contribution in [2.24, 2.45) is 0 Å². The van der Waals surface area contributed by atoms with Crippen molar-refractivity contribution < 1.29 is 4.79 Å². The smallest absolute Gasteiger partial charge is 0.224 e. The predicted octanol–water partition coefficient (Wildman–Crippen LogP) is 2.82. The highest BCUT2D eigenvalue weighted by Crippen LogP contribution is 2.23. The first kappa shape index (κ1) is 14.1. The van der Waals surface area contributed by atoms with Gasteiger partial charge in [0, 0.05) is 35.1 Å². The molecule has 1 saturated carbocycles. The van der Waals surface area contributed by atoms with E-state index in [-0.39, 0.29) is 5.91 Å². The summed E-state index contributed by atoms with van der Waals surface area (Å²) in [6.45, 7) is 0. The third-order valence-corrected chi connectivity index (χ3v) is 4.44. The number of amides is 1. The zero-order valence-corrected chi connectivity index (χ0v) is 13.3. The van der Waals surface area contributed by atoms with E-state index in [1.807, 2.05) is 46.6 Å². The highest BCUT2D eigenvalue weighted by Gasteiger charge is 2.23. The summed E-state index contributed by atoms with van der Waals surface area (Å²) >= 11 is 1.41. The van der Waals surface area contributed by atoms with Crippen molar-refractivity contribution in [2.45, 2.75) is 25.3 Å². The molecule has 4 rings (SSSR count). The molecule has 116 valence electrons. The molecular formula is C17H16N4OS. The molecule has 0 atom stereocenters. The Labute approximate surface area is 138 Å². The Morgan fingerprint density at radius 3 is 2.83 bits per heavy atom. The maximum absolute atomic E-state index is 11.9. The van der Waals surface area contributed by atoms with E-state index < -0.39 is 0 Å². The van der Waals surface area contributed by atoms with Crippen LogP contribution in [0.4, 0.5) is 0 Å². The molecule has 6 heteroatoms. The van der Waals surface area contributed by atoms with Crippen molar-refractivity contribution in [3.63, 3.8) is 0 Å². The molecule has 1 aliphatic carbocycles. The van der Waals surface area contributed by atoms with Crippen LogP contribution in [0.25, 0.3) is 17.1 Å². The van der Waals surface area contributed by atoms with Crippen LogP contribution in [0.15, 0.2) is 48.2 Å². The number of imidazole rings is 1. The zero-order chi connectivity index (χ0) is 15.6. The third kappa shape index (κ3) is 3.17. The number of carbonyl (C=O) groups excluding carboxylic acids is 1. The summed E-state index contributed by atoms with van der Waals surface area (Å²) < 4.78 is 6.16. The quantitative estimate of drug-likeness (QED) is 0.785. The van der Waals surface area contributed by atoms with Crippen molar-refractivity contribution in [1.82, 2.24) is 19.2 Å². The summed E-state index contributed by atoms with van der Waals surface area (Å²) in [7, 11) is 0. The van der Waals surface area contributed by atoms with Gasteiger partial charge in [0.25, 0.3) is 0 Å². The molecule has 0 spiro atoms. The number of hydrogen-bond donors (Lipinski definition) is 1. The standard InChI is InChI=1S/C17H16N4OS/c22-16(20-14-3-4-14)9-12-1-5-15(6-2-12)21-8-7-18-17(21)13-10-19-23-11-13/h1-2,5-8,10-11,14H,3-4,9H2,(H,20,22). The molecule has 2 heterocycles. The first-order valence-electron chi connectivity index (χ1n) is 7.61. The van der Waals surface area contributed by atoms with Crippen LogP contribution in [0, 0.1) is 0 Å². The SMILES string of the molecule is O=C(Cc1ccc(-n2ccnc2-c2cnsc2)cc1)NC1CC1. The molecule has 1 aromatic carbocycles. The first-order valence-corrected chi connectivity index (χ1v) is 8.45. The Balaban J connectivity index is 1.52. The Bertz CT molecular complexity index is 804. The topological polar surface area (TPSA) is 59.8 Å². The lowest BCUT2D eigenvalue weighted by molar-refractivity contribution is -0.120. The molecule has 1 fully saturated rings. The van der Waals surface area contributed by atoms with E-state index in [4.69, 9.17) is 0 Å². The second-order valence-corrected chi connectivity index (χ2v) is 6.38. The van der Waals surface area contributed by atoms with E-state index in [0.717, 1.165) is 35.5 Å². The molecule has 0 bridgehead atoms. The van der Waals surface area contributed by atoms with Crippen LogP contribution in [-0.2, 0) is 11.2 Å². The zero-order valence-electron chi connectivity index (χ0n) is 12.5. The molecule has 0 aliphatic heterocycles. The van der Waals surface area contributed by atoms with E-state index in [9.17, 15) is 4.79 Å². The summed E-state index contributed by atoms with van der Waals surface area (Å²) in [5.41, 5.74) is 3.05. The number of rotatable bonds is 5. The summed E-state index contributed by atoms with van der Waals surface area (Å²) in [5.74, 6) is 0.978. The first-order chi connectivity index (χ1) is 11.3. The fourth-order valence-electron chi connectivity index (χ4n) is 2.51. The van der Waals surface area contributed by atoms with Gasteiger partial charge in [0.15, 0.2) is 0 Å². The fourth-order valence-corrected chi connectivity index (χ4v) is 3.02. The molecular weight excluding hydrogens is 308 g/mol. The van der Waals surface area contributed by atoms with Crippen molar-refractivity contribution in [3.8, 4) is 17.1 Å². The van der Waals surface area contributed by atoms with Gasteiger partial charge in [-0.2, -0.15) is 0 Å². The van der Waals surface area contributed by atoms with Crippen molar-refractivity contribution in [3.05, 3.63) is 53.8 Å². The number of nitrogens with zero attached hydrogens (tertiary/aromatic N) is 3. The highest BCUT2D eigenvalue weighted by atomic mass is 32.1. The van der Waals surface area contributed by atoms with Gasteiger partial charge in [0.1, 0.15) is 5.82 Å². The van der Waals surface area contributed by atoms with Crippen LogP contribution in [0.5, 0.6) is 0 Å². The van der Waals surface area contributed by atoms with E-state index in [0.29, 0.717) is 12.5 Å². The van der Waals surface area contributed by atoms with Gasteiger partial charge in [-0.25, -0.2) is 9.36 Å². The van der Waals surface area contributed by atoms with E-state index >= 15 is 0 Å². The molecule has 5 nitrogen and oxygen atoms in total. The Morgan fingerprint density at radius 2 is 2.13 bits per heavy atom. The summed E-state index contributed by atoms with van der Waals surface area (Å²) in [4.78, 5) is 16.3. The van der Waals surface area contributed by atoms with E-state index in [1.165, 1.54) is 11.5 Å². The van der Waals surface area contributed by atoms with Gasteiger partial charge in [-0.15, -0.1) is 0 Å². The second-order valence-electron chi connectivity index (χ2n) is 5.72. The number of benzene rings is 1. The largest absolute Gasteiger partial charge is 0.353 e. The molecule has 0 unspecified atom stereocenters. The lowest BCUT2D eigenvalue weighted by Crippen LogP contribution is -2.26. The molecule has 3 aromatic rings. The molecule has 0 saturated heterocycles. The average molecular weight is 324 g/mol. The average Bonchev–Trinajstić information content (AvgIpc) is 3.05. The van der Waals surface area contributed by atoms with Crippen LogP contribution in [0.3, 0.4) is 0 Å². The summed E-state index contributed by atoms with van der Waals surface area (Å²) in [6.07, 6.45) is 8.20.